The molecule has 7 nitrogen and oxygen atoms in total. The van der Waals surface area contributed by atoms with E-state index in [2.05, 4.69) is 15.6 Å². The van der Waals surface area contributed by atoms with Crippen LogP contribution in [0.4, 0.5) is 5.69 Å². The Kier molecular flexibility index (Phi) is 10.7. The molecule has 0 spiro atoms. The predicted octanol–water partition coefficient (Wildman–Crippen LogP) is 4.07. The Morgan fingerprint density at radius 2 is 1.93 bits per heavy atom. The number of ether oxygens (including phenoxy) is 3. The second kappa shape index (κ2) is 13.6. The van der Waals surface area contributed by atoms with Gasteiger partial charge in [0.05, 0.1) is 12.4 Å². The van der Waals surface area contributed by atoms with E-state index in [1.165, 1.54) is 0 Å². The smallest absolute Gasteiger partial charge is 0.195 e. The van der Waals surface area contributed by atoms with Crippen molar-refractivity contribution in [2.75, 3.05) is 38.7 Å². The van der Waals surface area contributed by atoms with E-state index in [1.807, 2.05) is 50.2 Å². The summed E-state index contributed by atoms with van der Waals surface area (Å²) in [7, 11) is 1.70. The van der Waals surface area contributed by atoms with Crippen molar-refractivity contribution in [1.82, 2.24) is 5.32 Å². The molecule has 1 aromatic heterocycles. The minimum Gasteiger partial charge on any atom is -0.491 e. The minimum absolute atomic E-state index is 0.156. The topological polar surface area (TPSA) is 77.2 Å². The Hall–Kier alpha value is -2.51. The first-order valence-corrected chi connectivity index (χ1v) is 10.1. The standard InChI is InChI=1S/C22H33N3O4/c1-18(2)29-20-10-8-19(9-11-20)25-22(23-12-5-14-26-3)24-13-6-15-27-17-21-7-4-16-28-21/h4,7-11,16,18H,5-6,12-15,17H2,1-3H3,(H2,23,24,25). The number of anilines is 1. The molecule has 0 unspecified atom stereocenters. The number of furan rings is 1. The molecule has 2 rings (SSSR count). The van der Waals surface area contributed by atoms with Crippen LogP contribution in [0.5, 0.6) is 5.75 Å². The highest BCUT2D eigenvalue weighted by molar-refractivity contribution is 5.93. The third-order valence-electron chi connectivity index (χ3n) is 3.85. The van der Waals surface area contributed by atoms with E-state index in [0.717, 1.165) is 42.5 Å². The summed E-state index contributed by atoms with van der Waals surface area (Å²) >= 11 is 0. The lowest BCUT2D eigenvalue weighted by molar-refractivity contribution is 0.105. The molecular weight excluding hydrogens is 370 g/mol. The Labute approximate surface area is 173 Å². The summed E-state index contributed by atoms with van der Waals surface area (Å²) in [6, 6.07) is 11.6. The van der Waals surface area contributed by atoms with Gasteiger partial charge in [-0.3, -0.25) is 4.99 Å². The van der Waals surface area contributed by atoms with Gasteiger partial charge < -0.3 is 29.3 Å². The molecule has 0 radical (unpaired) electrons. The van der Waals surface area contributed by atoms with Gasteiger partial charge in [0.15, 0.2) is 5.96 Å². The third-order valence-corrected chi connectivity index (χ3v) is 3.85. The van der Waals surface area contributed by atoms with Gasteiger partial charge in [0.2, 0.25) is 0 Å². The molecule has 0 aliphatic heterocycles. The Morgan fingerprint density at radius 1 is 1.10 bits per heavy atom. The van der Waals surface area contributed by atoms with Crippen LogP contribution in [0.15, 0.2) is 52.1 Å². The minimum atomic E-state index is 0.156. The van der Waals surface area contributed by atoms with Crippen LogP contribution in [-0.4, -0.2) is 45.5 Å². The van der Waals surface area contributed by atoms with Crippen molar-refractivity contribution in [3.63, 3.8) is 0 Å². The fourth-order valence-corrected chi connectivity index (χ4v) is 2.51. The third kappa shape index (κ3) is 10.0. The lowest BCUT2D eigenvalue weighted by atomic mass is 10.3. The zero-order valence-electron chi connectivity index (χ0n) is 17.6. The van der Waals surface area contributed by atoms with E-state index in [0.29, 0.717) is 26.4 Å². The Morgan fingerprint density at radius 3 is 2.62 bits per heavy atom. The van der Waals surface area contributed by atoms with Crippen LogP contribution in [0.25, 0.3) is 0 Å². The predicted molar refractivity (Wildman–Crippen MR) is 116 cm³/mol. The van der Waals surface area contributed by atoms with Gasteiger partial charge in [-0.25, -0.2) is 0 Å². The van der Waals surface area contributed by atoms with Crippen molar-refractivity contribution >= 4 is 11.6 Å². The maximum absolute atomic E-state index is 5.69. The second-order valence-corrected chi connectivity index (χ2v) is 6.80. The molecule has 0 aliphatic carbocycles. The lowest BCUT2D eigenvalue weighted by Gasteiger charge is -2.14. The lowest BCUT2D eigenvalue weighted by Crippen LogP contribution is -2.32. The molecule has 1 aromatic carbocycles. The van der Waals surface area contributed by atoms with Crippen molar-refractivity contribution < 1.29 is 18.6 Å². The number of nitrogens with one attached hydrogen (secondary N) is 2. The molecule has 0 bridgehead atoms. The summed E-state index contributed by atoms with van der Waals surface area (Å²) in [5.74, 6) is 2.43. The highest BCUT2D eigenvalue weighted by atomic mass is 16.5. The van der Waals surface area contributed by atoms with Gasteiger partial charge in [-0.2, -0.15) is 0 Å². The SMILES string of the molecule is COCCCN=C(NCCCOCc1ccco1)Nc1ccc(OC(C)C)cc1. The molecule has 7 heteroatoms. The highest BCUT2D eigenvalue weighted by Crippen LogP contribution is 2.16. The first kappa shape index (κ1) is 22.8. The van der Waals surface area contributed by atoms with E-state index in [4.69, 9.17) is 18.6 Å². The monoisotopic (exact) mass is 403 g/mol. The zero-order valence-corrected chi connectivity index (χ0v) is 17.6. The summed E-state index contributed by atoms with van der Waals surface area (Å²) in [5.41, 5.74) is 0.952. The van der Waals surface area contributed by atoms with Gasteiger partial charge in [0.1, 0.15) is 18.1 Å². The van der Waals surface area contributed by atoms with Crippen LogP contribution in [0.2, 0.25) is 0 Å². The summed E-state index contributed by atoms with van der Waals surface area (Å²) in [4.78, 5) is 4.61. The Balaban J connectivity index is 1.77. The number of nitrogens with zero attached hydrogens (tertiary/aromatic N) is 1. The van der Waals surface area contributed by atoms with E-state index < -0.39 is 0 Å². The van der Waals surface area contributed by atoms with E-state index in [1.54, 1.807) is 13.4 Å². The first-order valence-electron chi connectivity index (χ1n) is 10.1. The van der Waals surface area contributed by atoms with Gasteiger partial charge in [-0.1, -0.05) is 0 Å². The summed E-state index contributed by atoms with van der Waals surface area (Å²) < 4.78 is 21.6. The van der Waals surface area contributed by atoms with E-state index in [-0.39, 0.29) is 6.10 Å². The largest absolute Gasteiger partial charge is 0.491 e. The maximum Gasteiger partial charge on any atom is 0.195 e. The van der Waals surface area contributed by atoms with Gasteiger partial charge in [-0.15, -0.1) is 0 Å². The van der Waals surface area contributed by atoms with Crippen molar-refractivity contribution in [3.8, 4) is 5.75 Å². The molecule has 2 N–H and O–H groups in total. The fraction of sp³-hybridized carbons (Fsp3) is 0.500. The van der Waals surface area contributed by atoms with Crippen molar-refractivity contribution in [2.24, 2.45) is 4.99 Å². The van der Waals surface area contributed by atoms with Crippen LogP contribution < -0.4 is 15.4 Å². The molecule has 0 atom stereocenters. The number of hydrogen-bond acceptors (Lipinski definition) is 5. The van der Waals surface area contributed by atoms with Crippen LogP contribution in [0, 0.1) is 0 Å². The molecule has 0 aliphatic rings. The van der Waals surface area contributed by atoms with Gasteiger partial charge in [0, 0.05) is 39.1 Å². The molecule has 0 saturated heterocycles. The molecule has 29 heavy (non-hydrogen) atoms. The average molecular weight is 404 g/mol. The number of aliphatic imine (C=N–C) groups is 1. The first-order chi connectivity index (χ1) is 14.2. The quantitative estimate of drug-likeness (QED) is 0.298. The highest BCUT2D eigenvalue weighted by Gasteiger charge is 2.03. The second-order valence-electron chi connectivity index (χ2n) is 6.80. The summed E-state index contributed by atoms with van der Waals surface area (Å²) in [5, 5.41) is 6.69. The number of benzene rings is 1. The van der Waals surface area contributed by atoms with Crippen LogP contribution in [-0.2, 0) is 16.1 Å². The van der Waals surface area contributed by atoms with E-state index >= 15 is 0 Å². The summed E-state index contributed by atoms with van der Waals surface area (Å²) in [6.07, 6.45) is 3.54. The summed E-state index contributed by atoms with van der Waals surface area (Å²) in [6.45, 7) is 7.30. The van der Waals surface area contributed by atoms with Crippen LogP contribution in [0.1, 0.15) is 32.4 Å². The Bertz CT molecular complexity index is 685. The van der Waals surface area contributed by atoms with Crippen molar-refractivity contribution in [3.05, 3.63) is 48.4 Å². The fourth-order valence-electron chi connectivity index (χ4n) is 2.51. The van der Waals surface area contributed by atoms with Crippen LogP contribution >= 0.6 is 0 Å². The number of rotatable bonds is 13. The van der Waals surface area contributed by atoms with Gasteiger partial charge in [-0.05, 0) is 63.1 Å². The molecule has 160 valence electrons. The normalized spacial score (nSPS) is 11.7. The van der Waals surface area contributed by atoms with Crippen molar-refractivity contribution in [2.45, 2.75) is 39.4 Å². The molecule has 0 fully saturated rings. The molecule has 1 heterocycles. The number of methoxy groups -OCH3 is 1. The molecule has 0 amide bonds. The van der Waals surface area contributed by atoms with Crippen molar-refractivity contribution in [1.29, 1.82) is 0 Å². The van der Waals surface area contributed by atoms with Gasteiger partial charge >= 0.3 is 0 Å². The molecule has 2 aromatic rings. The number of hydrogen-bond donors (Lipinski definition) is 2. The van der Waals surface area contributed by atoms with E-state index in [9.17, 15) is 0 Å². The van der Waals surface area contributed by atoms with Gasteiger partial charge in [0.25, 0.3) is 0 Å². The number of guanidine groups is 1. The average Bonchev–Trinajstić information content (AvgIpc) is 3.22. The molecular formula is C22H33N3O4. The van der Waals surface area contributed by atoms with Crippen LogP contribution in [0.3, 0.4) is 0 Å². The maximum atomic E-state index is 5.69. The zero-order chi connectivity index (χ0) is 20.7. The molecule has 0 saturated carbocycles.